The maximum absolute atomic E-state index is 14.4. The lowest BCUT2D eigenvalue weighted by Gasteiger charge is -2.61. The number of carbonyl (C=O) groups is 6. The summed E-state index contributed by atoms with van der Waals surface area (Å²) in [5, 5.41) is 23.1. The minimum Gasteiger partial charge on any atom is -0.507 e. The summed E-state index contributed by atoms with van der Waals surface area (Å²) in [7, 11) is 1.47. The van der Waals surface area contributed by atoms with Crippen LogP contribution >= 0.6 is 0 Å². The number of Topliss-reactive ketones (excluding diaryl/α,β-unsaturated/α-hetero) is 6. The lowest BCUT2D eigenvalue weighted by Crippen LogP contribution is -2.76. The SMILES string of the molecule is COc1ccc(C(C)=O)cc1-c1ccc(O)c2c1C[C@]1(C)C[C@]3(C)C(C(C)C)C(=O)C(C(C)=O)C(=O)[C@]3(O)C(=O)C1C2=O. The van der Waals surface area contributed by atoms with Crippen molar-refractivity contribution in [2.75, 3.05) is 7.11 Å². The number of fused-ring (bicyclic) bond motifs is 3. The fraction of sp³-hybridized carbons (Fsp3) is 0.471. The van der Waals surface area contributed by atoms with E-state index in [9.17, 15) is 39.0 Å². The van der Waals surface area contributed by atoms with Gasteiger partial charge in [-0.25, -0.2) is 0 Å². The van der Waals surface area contributed by atoms with Crippen molar-refractivity contribution in [1.29, 1.82) is 0 Å². The molecule has 3 aliphatic rings. The van der Waals surface area contributed by atoms with Crippen LogP contribution in [-0.2, 0) is 25.6 Å². The molecular formula is C34H36O9. The normalized spacial score (nSPS) is 31.8. The highest BCUT2D eigenvalue weighted by Crippen LogP contribution is 2.64. The largest absolute Gasteiger partial charge is 0.507 e. The van der Waals surface area contributed by atoms with Crippen LogP contribution in [0.15, 0.2) is 30.3 Å². The molecule has 0 aromatic heterocycles. The third-order valence-corrected chi connectivity index (χ3v) is 10.2. The number of methoxy groups -OCH3 is 1. The lowest BCUT2D eigenvalue weighted by atomic mass is 9.40. The third kappa shape index (κ3) is 3.93. The van der Waals surface area contributed by atoms with Crippen molar-refractivity contribution in [2.24, 2.45) is 34.5 Å². The highest BCUT2D eigenvalue weighted by atomic mass is 16.5. The van der Waals surface area contributed by atoms with E-state index in [0.717, 1.165) is 6.92 Å². The molecule has 0 radical (unpaired) electrons. The van der Waals surface area contributed by atoms with Gasteiger partial charge < -0.3 is 14.9 Å². The maximum Gasteiger partial charge on any atom is 0.190 e. The minimum atomic E-state index is -2.75. The molecule has 6 atom stereocenters. The molecule has 0 saturated heterocycles. The predicted molar refractivity (Wildman–Crippen MR) is 155 cm³/mol. The average Bonchev–Trinajstić information content (AvgIpc) is 2.90. The molecule has 0 heterocycles. The predicted octanol–water partition coefficient (Wildman–Crippen LogP) is 3.97. The van der Waals surface area contributed by atoms with Crippen LogP contribution in [0.1, 0.15) is 74.2 Å². The molecule has 2 aromatic rings. The van der Waals surface area contributed by atoms with E-state index in [1.54, 1.807) is 45.0 Å². The van der Waals surface area contributed by atoms with E-state index in [0.29, 0.717) is 28.0 Å². The number of phenols is 1. The molecular weight excluding hydrogens is 552 g/mol. The van der Waals surface area contributed by atoms with Crippen LogP contribution in [0.3, 0.4) is 0 Å². The summed E-state index contributed by atoms with van der Waals surface area (Å²) in [4.78, 5) is 81.0. The number of rotatable bonds is 5. The Labute approximate surface area is 249 Å². The van der Waals surface area contributed by atoms with Gasteiger partial charge in [-0.05, 0) is 73.4 Å². The van der Waals surface area contributed by atoms with Crippen molar-refractivity contribution in [2.45, 2.75) is 60.0 Å². The van der Waals surface area contributed by atoms with Crippen molar-refractivity contribution in [3.8, 4) is 22.6 Å². The van der Waals surface area contributed by atoms with Crippen LogP contribution < -0.4 is 4.74 Å². The van der Waals surface area contributed by atoms with E-state index in [1.807, 2.05) is 0 Å². The molecule has 226 valence electrons. The summed E-state index contributed by atoms with van der Waals surface area (Å²) in [6, 6.07) is 7.86. The van der Waals surface area contributed by atoms with E-state index in [2.05, 4.69) is 0 Å². The smallest absolute Gasteiger partial charge is 0.190 e. The van der Waals surface area contributed by atoms with Crippen LogP contribution in [0.25, 0.3) is 11.1 Å². The van der Waals surface area contributed by atoms with Gasteiger partial charge in [0.2, 0.25) is 0 Å². The Morgan fingerprint density at radius 3 is 2.19 bits per heavy atom. The molecule has 2 saturated carbocycles. The summed E-state index contributed by atoms with van der Waals surface area (Å²) < 4.78 is 5.58. The van der Waals surface area contributed by atoms with E-state index >= 15 is 0 Å². The van der Waals surface area contributed by atoms with E-state index in [-0.39, 0.29) is 29.9 Å². The Bertz CT molecular complexity index is 1650. The molecule has 3 unspecified atom stereocenters. The highest BCUT2D eigenvalue weighted by molar-refractivity contribution is 6.32. The highest BCUT2D eigenvalue weighted by Gasteiger charge is 2.76. The second-order valence-corrected chi connectivity index (χ2v) is 13.3. The fourth-order valence-corrected chi connectivity index (χ4v) is 8.53. The molecule has 2 aromatic carbocycles. The third-order valence-electron chi connectivity index (χ3n) is 10.2. The summed E-state index contributed by atoms with van der Waals surface area (Å²) in [6.45, 7) is 9.25. The van der Waals surface area contributed by atoms with Gasteiger partial charge >= 0.3 is 0 Å². The maximum atomic E-state index is 14.4. The van der Waals surface area contributed by atoms with E-state index in [4.69, 9.17) is 4.74 Å². The molecule has 0 spiro atoms. The topological polar surface area (TPSA) is 152 Å². The number of ketones is 6. The zero-order valence-corrected chi connectivity index (χ0v) is 25.4. The molecule has 2 fully saturated rings. The van der Waals surface area contributed by atoms with Crippen molar-refractivity contribution in [1.82, 2.24) is 0 Å². The molecule has 0 amide bonds. The first-order valence-corrected chi connectivity index (χ1v) is 14.4. The standard InChI is InChI=1S/C34H36O9/c1-15(2)26-28(38)24(17(4)36)30(40)34(42)31(41)27-29(39)25-21(13-32(27,5)14-33(26,34)6)19(9-10-22(25)37)20-12-18(16(3)35)8-11-23(20)43-7/h8-12,15,24,26-27,37,42H,13-14H2,1-7H3/t24?,26?,27?,32-,33-,34+/m1/s1. The first-order valence-electron chi connectivity index (χ1n) is 14.4. The summed E-state index contributed by atoms with van der Waals surface area (Å²) in [5.74, 6) is -9.25. The lowest BCUT2D eigenvalue weighted by molar-refractivity contribution is -0.205. The number of aliphatic hydroxyl groups is 1. The Kier molecular flexibility index (Phi) is 6.93. The van der Waals surface area contributed by atoms with Gasteiger partial charge in [0.1, 0.15) is 23.2 Å². The summed E-state index contributed by atoms with van der Waals surface area (Å²) in [5.41, 5.74) is -3.77. The molecule has 9 heteroatoms. The number of ether oxygens (including phenoxy) is 1. The van der Waals surface area contributed by atoms with Crippen LogP contribution in [0.2, 0.25) is 0 Å². The quantitative estimate of drug-likeness (QED) is 0.390. The van der Waals surface area contributed by atoms with E-state index in [1.165, 1.54) is 27.0 Å². The molecule has 43 heavy (non-hydrogen) atoms. The van der Waals surface area contributed by atoms with Crippen molar-refractivity contribution >= 4 is 34.7 Å². The summed E-state index contributed by atoms with van der Waals surface area (Å²) in [6.07, 6.45) is 0.0272. The Morgan fingerprint density at radius 2 is 1.63 bits per heavy atom. The second-order valence-electron chi connectivity index (χ2n) is 13.3. The van der Waals surface area contributed by atoms with Crippen LogP contribution in [-0.4, -0.2) is 57.6 Å². The Morgan fingerprint density at radius 1 is 0.977 bits per heavy atom. The number of hydrogen-bond donors (Lipinski definition) is 2. The monoisotopic (exact) mass is 588 g/mol. The van der Waals surface area contributed by atoms with Crippen molar-refractivity contribution in [3.05, 3.63) is 47.0 Å². The van der Waals surface area contributed by atoms with Gasteiger partial charge in [0.25, 0.3) is 0 Å². The number of hydrogen-bond acceptors (Lipinski definition) is 9. The Balaban J connectivity index is 1.77. The first kappa shape index (κ1) is 30.5. The molecule has 9 nitrogen and oxygen atoms in total. The van der Waals surface area contributed by atoms with Crippen molar-refractivity contribution < 1.29 is 43.7 Å². The first-order chi connectivity index (χ1) is 20.0. The van der Waals surface area contributed by atoms with Gasteiger partial charge in [0.05, 0.1) is 18.6 Å². The van der Waals surface area contributed by atoms with Crippen LogP contribution in [0.4, 0.5) is 0 Å². The van der Waals surface area contributed by atoms with Gasteiger partial charge in [0.15, 0.2) is 34.5 Å². The van der Waals surface area contributed by atoms with E-state index < -0.39 is 69.0 Å². The van der Waals surface area contributed by atoms with Crippen LogP contribution in [0, 0.1) is 34.5 Å². The van der Waals surface area contributed by atoms with Gasteiger partial charge in [-0.3, -0.25) is 28.8 Å². The molecule has 5 rings (SSSR count). The fourth-order valence-electron chi connectivity index (χ4n) is 8.53. The van der Waals surface area contributed by atoms with Crippen LogP contribution in [0.5, 0.6) is 11.5 Å². The van der Waals surface area contributed by atoms with Crippen molar-refractivity contribution in [3.63, 3.8) is 0 Å². The second kappa shape index (κ2) is 9.77. The number of carbonyl (C=O) groups excluding carboxylic acids is 6. The summed E-state index contributed by atoms with van der Waals surface area (Å²) >= 11 is 0. The minimum absolute atomic E-state index is 0.0528. The number of aromatic hydroxyl groups is 1. The number of benzene rings is 2. The van der Waals surface area contributed by atoms with Gasteiger partial charge in [0, 0.05) is 22.5 Å². The Hall–Kier alpha value is -3.98. The average molecular weight is 589 g/mol. The molecule has 2 N–H and O–H groups in total. The van der Waals surface area contributed by atoms with Gasteiger partial charge in [-0.15, -0.1) is 0 Å². The van der Waals surface area contributed by atoms with Gasteiger partial charge in [-0.2, -0.15) is 0 Å². The zero-order valence-electron chi connectivity index (χ0n) is 25.4. The molecule has 3 aliphatic carbocycles. The molecule has 0 aliphatic heterocycles. The molecule has 0 bridgehead atoms. The number of phenolic OH excluding ortho intramolecular Hbond substituents is 1. The van der Waals surface area contributed by atoms with Gasteiger partial charge in [-0.1, -0.05) is 33.8 Å². The zero-order chi connectivity index (χ0) is 32.0.